The van der Waals surface area contributed by atoms with Crippen LogP contribution >= 0.6 is 0 Å². The Labute approximate surface area is 120 Å². The van der Waals surface area contributed by atoms with Crippen molar-refractivity contribution in [2.45, 2.75) is 25.6 Å². The Bertz CT molecular complexity index is 634. The molecule has 1 nitrogen and oxygen atoms in total. The highest BCUT2D eigenvalue weighted by Crippen LogP contribution is 2.32. The molecule has 0 aliphatic rings. The third kappa shape index (κ3) is 3.61. The zero-order valence-electron chi connectivity index (χ0n) is 11.4. The molecular weight excluding hydrogens is 282 g/mol. The van der Waals surface area contributed by atoms with Crippen LogP contribution < -0.4 is 5.73 Å². The Morgan fingerprint density at radius 2 is 1.76 bits per heavy atom. The minimum absolute atomic E-state index is 0.118. The number of benzene rings is 2. The second kappa shape index (κ2) is 5.85. The van der Waals surface area contributed by atoms with Crippen LogP contribution in [-0.2, 0) is 12.6 Å². The van der Waals surface area contributed by atoms with Crippen LogP contribution in [0.25, 0.3) is 0 Å². The molecule has 2 N–H and O–H groups in total. The van der Waals surface area contributed by atoms with Crippen LogP contribution in [0.5, 0.6) is 0 Å². The molecule has 2 aromatic carbocycles. The van der Waals surface area contributed by atoms with Gasteiger partial charge in [-0.1, -0.05) is 24.3 Å². The van der Waals surface area contributed by atoms with Gasteiger partial charge in [0, 0.05) is 11.6 Å². The Kier molecular flexibility index (Phi) is 4.32. The molecular formula is C16H15F4N. The van der Waals surface area contributed by atoms with E-state index in [2.05, 4.69) is 0 Å². The fraction of sp³-hybridized carbons (Fsp3) is 0.250. The molecule has 5 heteroatoms. The van der Waals surface area contributed by atoms with Gasteiger partial charge >= 0.3 is 6.18 Å². The van der Waals surface area contributed by atoms with Crippen molar-refractivity contribution in [2.75, 3.05) is 0 Å². The number of rotatable bonds is 3. The number of hydrogen-bond donors (Lipinski definition) is 1. The first-order valence-corrected chi connectivity index (χ1v) is 6.46. The molecule has 0 saturated carbocycles. The molecule has 21 heavy (non-hydrogen) atoms. The SMILES string of the molecule is Cc1ccccc1CC(N)c1cc(C(F)(F)F)ccc1F. The summed E-state index contributed by atoms with van der Waals surface area (Å²) >= 11 is 0. The monoisotopic (exact) mass is 297 g/mol. The van der Waals surface area contributed by atoms with Crippen LogP contribution in [0.4, 0.5) is 17.6 Å². The molecule has 1 unspecified atom stereocenters. The summed E-state index contributed by atoms with van der Waals surface area (Å²) in [5, 5.41) is 0. The first kappa shape index (κ1) is 15.5. The molecule has 0 fully saturated rings. The van der Waals surface area contributed by atoms with E-state index >= 15 is 0 Å². The smallest absolute Gasteiger partial charge is 0.324 e. The topological polar surface area (TPSA) is 26.0 Å². The minimum Gasteiger partial charge on any atom is -0.324 e. The van der Waals surface area contributed by atoms with Crippen molar-refractivity contribution >= 4 is 0 Å². The number of aryl methyl sites for hydroxylation is 1. The van der Waals surface area contributed by atoms with Crippen molar-refractivity contribution in [2.24, 2.45) is 5.73 Å². The lowest BCUT2D eigenvalue weighted by Gasteiger charge is -2.16. The second-order valence-corrected chi connectivity index (χ2v) is 4.97. The molecule has 0 bridgehead atoms. The molecule has 0 radical (unpaired) electrons. The van der Waals surface area contributed by atoms with E-state index in [1.54, 1.807) is 0 Å². The highest BCUT2D eigenvalue weighted by atomic mass is 19.4. The van der Waals surface area contributed by atoms with Gasteiger partial charge in [-0.3, -0.25) is 0 Å². The van der Waals surface area contributed by atoms with E-state index in [4.69, 9.17) is 5.73 Å². The Morgan fingerprint density at radius 1 is 1.10 bits per heavy atom. The second-order valence-electron chi connectivity index (χ2n) is 4.97. The summed E-state index contributed by atoms with van der Waals surface area (Å²) in [6.07, 6.45) is -4.23. The first-order valence-electron chi connectivity index (χ1n) is 6.46. The molecule has 0 spiro atoms. The summed E-state index contributed by atoms with van der Waals surface area (Å²) < 4.78 is 51.8. The van der Waals surface area contributed by atoms with Crippen LogP contribution in [0.3, 0.4) is 0 Å². The summed E-state index contributed by atoms with van der Waals surface area (Å²) in [5.74, 6) is -0.718. The van der Waals surface area contributed by atoms with Crippen LogP contribution in [0.1, 0.15) is 28.3 Å². The third-order valence-corrected chi connectivity index (χ3v) is 3.42. The third-order valence-electron chi connectivity index (χ3n) is 3.42. The van der Waals surface area contributed by atoms with Gasteiger partial charge in [0.15, 0.2) is 0 Å². The molecule has 112 valence electrons. The predicted octanol–water partition coefficient (Wildman–Crippen LogP) is 4.40. The maximum atomic E-state index is 13.8. The summed E-state index contributed by atoms with van der Waals surface area (Å²) in [5.41, 5.74) is 6.76. The molecule has 0 heterocycles. The van der Waals surface area contributed by atoms with Gasteiger partial charge in [0.25, 0.3) is 0 Å². The quantitative estimate of drug-likeness (QED) is 0.835. The maximum Gasteiger partial charge on any atom is 0.416 e. The number of hydrogen-bond acceptors (Lipinski definition) is 1. The maximum absolute atomic E-state index is 13.8. The van der Waals surface area contributed by atoms with E-state index in [0.717, 1.165) is 29.3 Å². The lowest BCUT2D eigenvalue weighted by atomic mass is 9.95. The Balaban J connectivity index is 2.31. The van der Waals surface area contributed by atoms with E-state index in [-0.39, 0.29) is 12.0 Å². The van der Waals surface area contributed by atoms with E-state index in [1.807, 2.05) is 31.2 Å². The van der Waals surface area contributed by atoms with Crippen LogP contribution in [0.2, 0.25) is 0 Å². The van der Waals surface area contributed by atoms with Gasteiger partial charge in [-0.05, 0) is 42.7 Å². The van der Waals surface area contributed by atoms with Crippen LogP contribution in [-0.4, -0.2) is 0 Å². The van der Waals surface area contributed by atoms with Crippen LogP contribution in [0.15, 0.2) is 42.5 Å². The normalized spacial score (nSPS) is 13.2. The summed E-state index contributed by atoms with van der Waals surface area (Å²) in [6.45, 7) is 1.88. The van der Waals surface area contributed by atoms with Gasteiger partial charge in [-0.15, -0.1) is 0 Å². The van der Waals surface area contributed by atoms with Crippen molar-refractivity contribution in [3.8, 4) is 0 Å². The molecule has 2 rings (SSSR count). The predicted molar refractivity (Wildman–Crippen MR) is 73.2 cm³/mol. The molecule has 0 aromatic heterocycles. The van der Waals surface area contributed by atoms with Crippen molar-refractivity contribution < 1.29 is 17.6 Å². The summed E-state index contributed by atoms with van der Waals surface area (Å²) in [4.78, 5) is 0. The van der Waals surface area contributed by atoms with Crippen molar-refractivity contribution in [1.29, 1.82) is 0 Å². The van der Waals surface area contributed by atoms with E-state index < -0.39 is 23.6 Å². The molecule has 0 amide bonds. The van der Waals surface area contributed by atoms with Gasteiger partial charge in [0.1, 0.15) is 5.82 Å². The lowest BCUT2D eigenvalue weighted by Crippen LogP contribution is -2.17. The fourth-order valence-corrected chi connectivity index (χ4v) is 2.19. The van der Waals surface area contributed by atoms with Gasteiger partial charge in [0.05, 0.1) is 5.56 Å². The number of halogens is 4. The van der Waals surface area contributed by atoms with E-state index in [0.29, 0.717) is 0 Å². The van der Waals surface area contributed by atoms with Crippen molar-refractivity contribution in [3.05, 3.63) is 70.5 Å². The van der Waals surface area contributed by atoms with Gasteiger partial charge < -0.3 is 5.73 Å². The summed E-state index contributed by atoms with van der Waals surface area (Å²) in [7, 11) is 0. The standard InChI is InChI=1S/C16H15F4N/c1-10-4-2-3-5-11(10)8-15(21)13-9-12(16(18,19)20)6-7-14(13)17/h2-7,9,15H,8,21H2,1H3. The van der Waals surface area contributed by atoms with Gasteiger partial charge in [-0.2, -0.15) is 13.2 Å². The van der Waals surface area contributed by atoms with Crippen molar-refractivity contribution in [3.63, 3.8) is 0 Å². The number of nitrogens with two attached hydrogens (primary N) is 1. The first-order chi connectivity index (χ1) is 9.79. The van der Waals surface area contributed by atoms with Crippen LogP contribution in [0, 0.1) is 12.7 Å². The fourth-order valence-electron chi connectivity index (χ4n) is 2.19. The minimum atomic E-state index is -4.51. The highest BCUT2D eigenvalue weighted by molar-refractivity contribution is 5.32. The molecule has 0 saturated heterocycles. The Hall–Kier alpha value is -1.88. The average molecular weight is 297 g/mol. The van der Waals surface area contributed by atoms with Crippen molar-refractivity contribution in [1.82, 2.24) is 0 Å². The van der Waals surface area contributed by atoms with Gasteiger partial charge in [-0.25, -0.2) is 4.39 Å². The molecule has 1 atom stereocenters. The largest absolute Gasteiger partial charge is 0.416 e. The highest BCUT2D eigenvalue weighted by Gasteiger charge is 2.31. The van der Waals surface area contributed by atoms with E-state index in [1.165, 1.54) is 0 Å². The zero-order chi connectivity index (χ0) is 15.6. The molecule has 0 aliphatic carbocycles. The Morgan fingerprint density at radius 3 is 2.38 bits per heavy atom. The zero-order valence-corrected chi connectivity index (χ0v) is 11.4. The average Bonchev–Trinajstić information content (AvgIpc) is 2.40. The van der Waals surface area contributed by atoms with E-state index in [9.17, 15) is 17.6 Å². The number of alkyl halides is 3. The molecule has 2 aromatic rings. The van der Waals surface area contributed by atoms with Gasteiger partial charge in [0.2, 0.25) is 0 Å². The lowest BCUT2D eigenvalue weighted by molar-refractivity contribution is -0.137. The molecule has 0 aliphatic heterocycles. The summed E-state index contributed by atoms with van der Waals surface area (Å²) in [6, 6.07) is 8.89.